The maximum Gasteiger partial charge on any atom is 0.125 e. The molecule has 17 heavy (non-hydrogen) atoms. The lowest BCUT2D eigenvalue weighted by atomic mass is 10.0. The summed E-state index contributed by atoms with van der Waals surface area (Å²) in [6.45, 7) is 1.97. The molecule has 1 N–H and O–H groups in total. The largest absolute Gasteiger partial charge is 0.384 e. The summed E-state index contributed by atoms with van der Waals surface area (Å²) in [5.41, 5.74) is 2.29. The first-order valence-corrected chi connectivity index (χ1v) is 5.64. The lowest BCUT2D eigenvalue weighted by molar-refractivity contribution is 0.220. The number of halogens is 2. The van der Waals surface area contributed by atoms with Crippen molar-refractivity contribution in [3.63, 3.8) is 0 Å². The predicted octanol–water partition coefficient (Wildman–Crippen LogP) is 3.87. The SMILES string of the molecule is Cc1ccc(C(O)c2cc(F)cc(Cl)c2)cc1. The molecule has 0 bridgehead atoms. The number of hydrogen-bond donors (Lipinski definition) is 1. The van der Waals surface area contributed by atoms with Crippen molar-refractivity contribution in [1.82, 2.24) is 0 Å². The minimum absolute atomic E-state index is 0.283. The highest BCUT2D eigenvalue weighted by molar-refractivity contribution is 6.30. The van der Waals surface area contributed by atoms with Crippen molar-refractivity contribution in [2.75, 3.05) is 0 Å². The maximum atomic E-state index is 13.2. The molecule has 0 aliphatic carbocycles. The Labute approximate surface area is 104 Å². The molecular formula is C14H12ClFO. The summed E-state index contributed by atoms with van der Waals surface area (Å²) in [4.78, 5) is 0. The van der Waals surface area contributed by atoms with Gasteiger partial charge in [-0.05, 0) is 36.2 Å². The van der Waals surface area contributed by atoms with Gasteiger partial charge in [-0.2, -0.15) is 0 Å². The van der Waals surface area contributed by atoms with Crippen LogP contribution in [-0.2, 0) is 0 Å². The third kappa shape index (κ3) is 2.84. The highest BCUT2D eigenvalue weighted by Gasteiger charge is 2.11. The van der Waals surface area contributed by atoms with Gasteiger partial charge >= 0.3 is 0 Å². The van der Waals surface area contributed by atoms with E-state index >= 15 is 0 Å². The van der Waals surface area contributed by atoms with E-state index in [2.05, 4.69) is 0 Å². The van der Waals surface area contributed by atoms with Gasteiger partial charge in [-0.15, -0.1) is 0 Å². The molecule has 0 spiro atoms. The van der Waals surface area contributed by atoms with Gasteiger partial charge < -0.3 is 5.11 Å². The number of hydrogen-bond acceptors (Lipinski definition) is 1. The lowest BCUT2D eigenvalue weighted by Gasteiger charge is -2.12. The second-order valence-electron chi connectivity index (χ2n) is 4.02. The van der Waals surface area contributed by atoms with Crippen molar-refractivity contribution < 1.29 is 9.50 Å². The molecule has 0 saturated heterocycles. The quantitative estimate of drug-likeness (QED) is 0.858. The van der Waals surface area contributed by atoms with Crippen LogP contribution in [0.3, 0.4) is 0 Å². The van der Waals surface area contributed by atoms with E-state index < -0.39 is 11.9 Å². The van der Waals surface area contributed by atoms with Crippen LogP contribution in [0.2, 0.25) is 5.02 Å². The topological polar surface area (TPSA) is 20.2 Å². The Kier molecular flexibility index (Phi) is 3.46. The van der Waals surface area contributed by atoms with Crippen LogP contribution < -0.4 is 0 Å². The Morgan fingerprint density at radius 1 is 1.06 bits per heavy atom. The number of aliphatic hydroxyl groups is 1. The fourth-order valence-corrected chi connectivity index (χ4v) is 1.90. The van der Waals surface area contributed by atoms with Gasteiger partial charge in [0, 0.05) is 5.02 Å². The Morgan fingerprint density at radius 2 is 1.71 bits per heavy atom. The van der Waals surface area contributed by atoms with Crippen LogP contribution in [-0.4, -0.2) is 5.11 Å². The van der Waals surface area contributed by atoms with Gasteiger partial charge in [0.1, 0.15) is 11.9 Å². The Balaban J connectivity index is 2.36. The Hall–Kier alpha value is -1.38. The third-order valence-corrected chi connectivity index (χ3v) is 2.81. The number of aryl methyl sites for hydroxylation is 1. The van der Waals surface area contributed by atoms with E-state index in [1.165, 1.54) is 12.1 Å². The summed E-state index contributed by atoms with van der Waals surface area (Å²) in [6, 6.07) is 11.5. The van der Waals surface area contributed by atoms with Gasteiger partial charge in [-0.3, -0.25) is 0 Å². The first-order chi connectivity index (χ1) is 8.06. The molecule has 1 nitrogen and oxygen atoms in total. The summed E-state index contributed by atoms with van der Waals surface area (Å²) in [5.74, 6) is -0.446. The molecule has 0 aliphatic rings. The third-order valence-electron chi connectivity index (χ3n) is 2.59. The van der Waals surface area contributed by atoms with Crippen molar-refractivity contribution in [2.24, 2.45) is 0 Å². The number of rotatable bonds is 2. The van der Waals surface area contributed by atoms with Gasteiger partial charge in [0.25, 0.3) is 0 Å². The van der Waals surface area contributed by atoms with E-state index in [4.69, 9.17) is 11.6 Å². The van der Waals surface area contributed by atoms with Crippen LogP contribution >= 0.6 is 11.6 Å². The molecule has 0 aliphatic heterocycles. The predicted molar refractivity (Wildman–Crippen MR) is 66.7 cm³/mol. The first kappa shape index (κ1) is 12.1. The van der Waals surface area contributed by atoms with Gasteiger partial charge in [0.2, 0.25) is 0 Å². The highest BCUT2D eigenvalue weighted by Crippen LogP contribution is 2.25. The second kappa shape index (κ2) is 4.86. The van der Waals surface area contributed by atoms with Crippen molar-refractivity contribution in [2.45, 2.75) is 13.0 Å². The Bertz CT molecular complexity index is 502. The van der Waals surface area contributed by atoms with E-state index in [1.54, 1.807) is 6.07 Å². The Morgan fingerprint density at radius 3 is 2.29 bits per heavy atom. The summed E-state index contributed by atoms with van der Waals surface area (Å²) in [5, 5.41) is 10.4. The van der Waals surface area contributed by atoms with Crippen molar-refractivity contribution >= 4 is 11.6 Å². The zero-order valence-corrected chi connectivity index (χ0v) is 10.1. The first-order valence-electron chi connectivity index (χ1n) is 5.27. The van der Waals surface area contributed by atoms with E-state index in [1.807, 2.05) is 31.2 Å². The molecule has 0 fully saturated rings. The van der Waals surface area contributed by atoms with Crippen LogP contribution in [0.4, 0.5) is 4.39 Å². The van der Waals surface area contributed by atoms with Crippen LogP contribution in [0.1, 0.15) is 22.8 Å². The molecule has 0 heterocycles. The minimum atomic E-state index is -0.858. The molecule has 88 valence electrons. The van der Waals surface area contributed by atoms with Gasteiger partial charge in [-0.25, -0.2) is 4.39 Å². The highest BCUT2D eigenvalue weighted by atomic mass is 35.5. The monoisotopic (exact) mass is 250 g/mol. The van der Waals surface area contributed by atoms with Crippen molar-refractivity contribution in [3.05, 3.63) is 70.0 Å². The second-order valence-corrected chi connectivity index (χ2v) is 4.45. The van der Waals surface area contributed by atoms with E-state index in [-0.39, 0.29) is 5.02 Å². The average Bonchev–Trinajstić information content (AvgIpc) is 2.28. The van der Waals surface area contributed by atoms with Gasteiger partial charge in [0.15, 0.2) is 0 Å². The van der Waals surface area contributed by atoms with Crippen molar-refractivity contribution in [1.29, 1.82) is 0 Å². The summed E-state index contributed by atoms with van der Waals surface area (Å²) in [7, 11) is 0. The molecule has 0 aromatic heterocycles. The molecule has 0 amide bonds. The van der Waals surface area contributed by atoms with Crippen LogP contribution in [0, 0.1) is 12.7 Å². The molecule has 2 aromatic rings. The van der Waals surface area contributed by atoms with E-state index in [0.29, 0.717) is 5.56 Å². The van der Waals surface area contributed by atoms with Crippen LogP contribution in [0.15, 0.2) is 42.5 Å². The molecule has 2 rings (SSSR count). The van der Waals surface area contributed by atoms with Gasteiger partial charge in [-0.1, -0.05) is 41.4 Å². The van der Waals surface area contributed by atoms with Gasteiger partial charge in [0.05, 0.1) is 0 Å². The summed E-state index contributed by atoms with van der Waals surface area (Å²) < 4.78 is 13.2. The zero-order valence-electron chi connectivity index (χ0n) is 9.32. The molecule has 3 heteroatoms. The van der Waals surface area contributed by atoms with Crippen LogP contribution in [0.25, 0.3) is 0 Å². The minimum Gasteiger partial charge on any atom is -0.384 e. The summed E-state index contributed by atoms with van der Waals surface area (Å²) >= 11 is 5.76. The average molecular weight is 251 g/mol. The molecule has 0 radical (unpaired) electrons. The van der Waals surface area contributed by atoms with Crippen LogP contribution in [0.5, 0.6) is 0 Å². The molecular weight excluding hydrogens is 239 g/mol. The zero-order chi connectivity index (χ0) is 12.4. The van der Waals surface area contributed by atoms with E-state index in [9.17, 15) is 9.50 Å². The molecule has 0 saturated carbocycles. The standard InChI is InChI=1S/C14H12ClFO/c1-9-2-4-10(5-3-9)14(17)11-6-12(15)8-13(16)7-11/h2-8,14,17H,1H3. The smallest absolute Gasteiger partial charge is 0.125 e. The fraction of sp³-hybridized carbons (Fsp3) is 0.143. The molecule has 2 aromatic carbocycles. The molecule has 1 unspecified atom stereocenters. The number of aliphatic hydroxyl groups excluding tert-OH is 1. The fourth-order valence-electron chi connectivity index (χ4n) is 1.67. The maximum absolute atomic E-state index is 13.2. The molecule has 1 atom stereocenters. The normalized spacial score (nSPS) is 12.5. The number of benzene rings is 2. The lowest BCUT2D eigenvalue weighted by Crippen LogP contribution is -2.00. The van der Waals surface area contributed by atoms with Crippen molar-refractivity contribution in [3.8, 4) is 0 Å². The summed E-state index contributed by atoms with van der Waals surface area (Å²) in [6.07, 6.45) is -0.858. The van der Waals surface area contributed by atoms with E-state index in [0.717, 1.165) is 11.1 Å².